The molecule has 0 saturated heterocycles. The van der Waals surface area contributed by atoms with E-state index in [0.717, 1.165) is 24.6 Å². The zero-order chi connectivity index (χ0) is 23.8. The van der Waals surface area contributed by atoms with Gasteiger partial charge in [-0.3, -0.25) is 14.5 Å². The number of H-pyrrole nitrogens is 1. The second kappa shape index (κ2) is 7.22. The van der Waals surface area contributed by atoms with Crippen LogP contribution in [0.2, 0.25) is 0 Å². The fourth-order valence-corrected chi connectivity index (χ4v) is 4.60. The topological polar surface area (TPSA) is 58.9 Å². The number of hydrogen-bond donors (Lipinski definition) is 1. The zero-order valence-corrected chi connectivity index (χ0v) is 17.9. The number of rotatable bonds is 3. The highest BCUT2D eigenvalue weighted by Gasteiger charge is 2.39. The molecule has 0 spiro atoms. The summed E-state index contributed by atoms with van der Waals surface area (Å²) in [5.41, 5.74) is 1.87. The Morgan fingerprint density at radius 2 is 1.91 bits per heavy atom. The lowest BCUT2D eigenvalue weighted by Gasteiger charge is -2.22. The van der Waals surface area contributed by atoms with Crippen molar-refractivity contribution in [3.05, 3.63) is 65.4 Å². The highest BCUT2D eigenvalue weighted by molar-refractivity contribution is 5.85. The molecule has 0 bridgehead atoms. The maximum atomic E-state index is 15.5. The van der Waals surface area contributed by atoms with E-state index in [1.807, 2.05) is 0 Å². The van der Waals surface area contributed by atoms with Gasteiger partial charge in [-0.1, -0.05) is 6.92 Å². The van der Waals surface area contributed by atoms with E-state index in [1.54, 1.807) is 22.7 Å². The van der Waals surface area contributed by atoms with E-state index in [9.17, 15) is 17.6 Å². The summed E-state index contributed by atoms with van der Waals surface area (Å²) < 4.78 is 71.6. The molecule has 2 aliphatic rings. The van der Waals surface area contributed by atoms with Gasteiger partial charge < -0.3 is 0 Å². The first-order valence-corrected chi connectivity index (χ1v) is 10.9. The van der Waals surface area contributed by atoms with Crippen molar-refractivity contribution in [2.24, 2.45) is 5.92 Å². The van der Waals surface area contributed by atoms with Gasteiger partial charge in [-0.05, 0) is 43.0 Å². The van der Waals surface area contributed by atoms with Gasteiger partial charge in [0.15, 0.2) is 5.65 Å². The van der Waals surface area contributed by atoms with Crippen LogP contribution in [0.3, 0.4) is 0 Å². The molecular formula is C24H18F5N5. The van der Waals surface area contributed by atoms with Gasteiger partial charge in [0.2, 0.25) is 0 Å². The highest BCUT2D eigenvalue weighted by atomic mass is 19.4. The summed E-state index contributed by atoms with van der Waals surface area (Å²) in [5, 5.41) is 6.98. The monoisotopic (exact) mass is 471 g/mol. The van der Waals surface area contributed by atoms with Crippen LogP contribution in [0.4, 0.5) is 22.0 Å². The highest BCUT2D eigenvalue weighted by Crippen LogP contribution is 2.46. The predicted molar refractivity (Wildman–Crippen MR) is 116 cm³/mol. The summed E-state index contributed by atoms with van der Waals surface area (Å²) in [7, 11) is 0. The Bertz CT molecular complexity index is 1520. The largest absolute Gasteiger partial charge is 0.418 e. The van der Waals surface area contributed by atoms with E-state index in [-0.39, 0.29) is 23.6 Å². The molecule has 1 saturated carbocycles. The number of alkyl halides is 3. The fourth-order valence-electron chi connectivity index (χ4n) is 4.60. The minimum absolute atomic E-state index is 0.0682. The lowest BCUT2D eigenvalue weighted by atomic mass is 9.88. The number of hydrogen-bond acceptors (Lipinski definition) is 3. The number of nitrogens with zero attached hydrogens (tertiary/aromatic N) is 4. The molecule has 1 aromatic carbocycles. The van der Waals surface area contributed by atoms with Crippen molar-refractivity contribution in [2.75, 3.05) is 0 Å². The van der Waals surface area contributed by atoms with Crippen molar-refractivity contribution in [3.63, 3.8) is 0 Å². The second-order valence-electron chi connectivity index (χ2n) is 8.91. The van der Waals surface area contributed by atoms with Gasteiger partial charge in [0.25, 0.3) is 0 Å². The molecule has 2 aliphatic carbocycles. The number of imidazole rings is 1. The molecule has 174 valence electrons. The van der Waals surface area contributed by atoms with Crippen molar-refractivity contribution < 1.29 is 22.0 Å². The Balaban J connectivity index is 1.56. The quantitative estimate of drug-likeness (QED) is 0.347. The van der Waals surface area contributed by atoms with Crippen LogP contribution in [-0.4, -0.2) is 30.7 Å². The third-order valence-corrected chi connectivity index (χ3v) is 6.48. The van der Waals surface area contributed by atoms with Gasteiger partial charge in [0.1, 0.15) is 11.6 Å². The SMILES string of the molecule is CC1CC(c2cn3c(-c4ccc5[nH]ncc5c4F)c(C4CC4)nc3cn2)=CC(C(F)(F)F)=C1F. The van der Waals surface area contributed by atoms with Crippen molar-refractivity contribution >= 4 is 22.1 Å². The van der Waals surface area contributed by atoms with E-state index >= 15 is 4.39 Å². The number of halogens is 5. The molecule has 0 amide bonds. The third-order valence-electron chi connectivity index (χ3n) is 6.48. The molecule has 3 heterocycles. The van der Waals surface area contributed by atoms with Gasteiger partial charge >= 0.3 is 6.18 Å². The number of aromatic amines is 1. The van der Waals surface area contributed by atoms with Gasteiger partial charge in [0.05, 0.1) is 46.0 Å². The number of fused-ring (bicyclic) bond motifs is 2. The third kappa shape index (κ3) is 3.23. The minimum Gasteiger partial charge on any atom is -0.296 e. The van der Waals surface area contributed by atoms with Crippen LogP contribution in [0.25, 0.3) is 33.4 Å². The van der Waals surface area contributed by atoms with Crippen LogP contribution in [0.15, 0.2) is 48.2 Å². The van der Waals surface area contributed by atoms with Crippen molar-refractivity contribution in [2.45, 2.75) is 38.3 Å². The smallest absolute Gasteiger partial charge is 0.296 e. The summed E-state index contributed by atoms with van der Waals surface area (Å²) >= 11 is 0. The minimum atomic E-state index is -4.81. The molecule has 1 unspecified atom stereocenters. The Kier molecular flexibility index (Phi) is 4.46. The molecule has 6 rings (SSSR count). The summed E-state index contributed by atoms with van der Waals surface area (Å²) in [6.07, 6.45) is 2.37. The van der Waals surface area contributed by atoms with Crippen LogP contribution < -0.4 is 0 Å². The molecule has 0 aliphatic heterocycles. The van der Waals surface area contributed by atoms with Gasteiger partial charge in [-0.15, -0.1) is 0 Å². The molecule has 4 aromatic rings. The van der Waals surface area contributed by atoms with Crippen LogP contribution in [0.5, 0.6) is 0 Å². The molecule has 5 nitrogen and oxygen atoms in total. The maximum Gasteiger partial charge on any atom is 0.418 e. The average Bonchev–Trinajstić information content (AvgIpc) is 3.40. The van der Waals surface area contributed by atoms with E-state index < -0.39 is 29.3 Å². The first-order valence-electron chi connectivity index (χ1n) is 10.9. The molecule has 1 atom stereocenters. The van der Waals surface area contributed by atoms with Gasteiger partial charge in [-0.2, -0.15) is 18.3 Å². The van der Waals surface area contributed by atoms with Crippen LogP contribution >= 0.6 is 0 Å². The number of aromatic nitrogens is 5. The number of benzene rings is 1. The number of allylic oxidation sites excluding steroid dienone is 4. The van der Waals surface area contributed by atoms with Crippen molar-refractivity contribution in [1.82, 2.24) is 24.6 Å². The zero-order valence-electron chi connectivity index (χ0n) is 17.9. The average molecular weight is 471 g/mol. The Morgan fingerprint density at radius 3 is 2.65 bits per heavy atom. The van der Waals surface area contributed by atoms with Crippen LogP contribution in [0, 0.1) is 11.7 Å². The summed E-state index contributed by atoms with van der Waals surface area (Å²) in [6.45, 7) is 1.41. The number of nitrogens with one attached hydrogen (secondary N) is 1. The first-order chi connectivity index (χ1) is 16.2. The van der Waals surface area contributed by atoms with Crippen molar-refractivity contribution in [1.29, 1.82) is 0 Å². The second-order valence-corrected chi connectivity index (χ2v) is 8.91. The summed E-state index contributed by atoms with van der Waals surface area (Å²) in [4.78, 5) is 8.99. The van der Waals surface area contributed by atoms with Crippen molar-refractivity contribution in [3.8, 4) is 11.3 Å². The maximum absolute atomic E-state index is 15.5. The Morgan fingerprint density at radius 1 is 1.12 bits per heavy atom. The molecule has 10 heteroatoms. The lowest BCUT2D eigenvalue weighted by Crippen LogP contribution is -2.18. The molecule has 1 fully saturated rings. The Hall–Kier alpha value is -3.56. The molecule has 34 heavy (non-hydrogen) atoms. The Labute approximate surface area is 190 Å². The standard InChI is InChI=1S/C24H18F5N5/c1-11-6-13(7-16(20(11)25)24(27,28)29)18-10-34-19(9-30-18)32-22(12-2-3-12)23(34)14-4-5-17-15(21(14)26)8-31-33-17/h4-5,7-12H,2-3,6H2,1H3,(H,31,33). The predicted octanol–water partition coefficient (Wildman–Crippen LogP) is 6.50. The van der Waals surface area contributed by atoms with E-state index in [2.05, 4.69) is 20.2 Å². The first kappa shape index (κ1) is 21.0. The fraction of sp³-hybridized carbons (Fsp3) is 0.292. The molecule has 1 N–H and O–H groups in total. The summed E-state index contributed by atoms with van der Waals surface area (Å²) in [6, 6.07) is 3.38. The van der Waals surface area contributed by atoms with E-state index in [4.69, 9.17) is 0 Å². The van der Waals surface area contributed by atoms with Gasteiger partial charge in [-0.25, -0.2) is 13.8 Å². The van der Waals surface area contributed by atoms with Crippen LogP contribution in [-0.2, 0) is 0 Å². The molecule has 3 aromatic heterocycles. The lowest BCUT2D eigenvalue weighted by molar-refractivity contribution is -0.0908. The van der Waals surface area contributed by atoms with E-state index in [1.165, 1.54) is 19.3 Å². The van der Waals surface area contributed by atoms with Gasteiger partial charge in [0, 0.05) is 23.6 Å². The van der Waals surface area contributed by atoms with E-state index in [0.29, 0.717) is 27.8 Å². The summed E-state index contributed by atoms with van der Waals surface area (Å²) in [5.74, 6) is -2.38. The molecule has 0 radical (unpaired) electrons. The van der Waals surface area contributed by atoms with Crippen LogP contribution in [0.1, 0.15) is 43.5 Å². The normalized spacial score (nSPS) is 19.4. The molecular weight excluding hydrogens is 453 g/mol.